The van der Waals surface area contributed by atoms with Gasteiger partial charge in [0, 0.05) is 25.3 Å². The number of rotatable bonds is 5. The van der Waals surface area contributed by atoms with Crippen molar-refractivity contribution in [3.63, 3.8) is 0 Å². The van der Waals surface area contributed by atoms with E-state index in [1.807, 2.05) is 0 Å². The molecule has 6 nitrogen and oxygen atoms in total. The highest BCUT2D eigenvalue weighted by Gasteiger charge is 2.56. The Labute approximate surface area is 157 Å². The predicted octanol–water partition coefficient (Wildman–Crippen LogP) is 3.36. The molecule has 1 aliphatic heterocycles. The van der Waals surface area contributed by atoms with E-state index in [1.165, 1.54) is 6.92 Å². The summed E-state index contributed by atoms with van der Waals surface area (Å²) in [5, 5.41) is 8.54. The smallest absolute Gasteiger partial charge is 0.435 e. The first-order valence-electron chi connectivity index (χ1n) is 8.64. The van der Waals surface area contributed by atoms with Crippen molar-refractivity contribution in [1.82, 2.24) is 0 Å². The summed E-state index contributed by atoms with van der Waals surface area (Å²) >= 11 is 0.797. The summed E-state index contributed by atoms with van der Waals surface area (Å²) in [5.41, 5.74) is 0.405. The first-order chi connectivity index (χ1) is 12.2. The van der Waals surface area contributed by atoms with Crippen LogP contribution in [-0.4, -0.2) is 50.3 Å². The van der Waals surface area contributed by atoms with E-state index in [0.29, 0.717) is 18.4 Å². The summed E-state index contributed by atoms with van der Waals surface area (Å²) in [4.78, 5) is 49.8. The number of benzene rings is 1. The number of imide groups is 1. The van der Waals surface area contributed by atoms with Crippen LogP contribution in [0, 0.1) is 5.92 Å². The molecular weight excluding hydrogens is 354 g/mol. The number of quaternary nitrogens is 1. The molecule has 0 aliphatic carbocycles. The molecule has 1 aliphatic rings. The molecule has 1 N–H and O–H groups in total. The Balaban J connectivity index is 2.38. The van der Waals surface area contributed by atoms with E-state index >= 15 is 0 Å². The van der Waals surface area contributed by atoms with Gasteiger partial charge in [-0.25, -0.2) is 4.79 Å². The molecule has 1 aromatic carbocycles. The van der Waals surface area contributed by atoms with Gasteiger partial charge in [-0.05, 0) is 13.8 Å². The molecule has 7 heteroatoms. The van der Waals surface area contributed by atoms with Gasteiger partial charge in [-0.2, -0.15) is 9.28 Å². The number of ketones is 1. The number of Topliss-reactive ketones (excluding diaryl/α,β-unsaturated/α-hetero) is 1. The minimum absolute atomic E-state index is 0.219. The standard InChI is InChI=1S/C19H23NO5S/c1-12-8-7-11-20(12,19(24)25)18(23)13(2)17(26-14(3)21)16(22)15-9-5-4-6-10-15/h4-6,9-10,12-13,17H,7-8,11H2,1-3H3/p+1/t12-,13?,17?,20?/m1/s1. The normalized spacial score (nSPS) is 24.7. The molecule has 3 unspecified atom stereocenters. The van der Waals surface area contributed by atoms with Crippen molar-refractivity contribution < 1.29 is 28.8 Å². The Hall–Kier alpha value is -1.99. The first kappa shape index (κ1) is 20.3. The lowest BCUT2D eigenvalue weighted by atomic mass is 9.96. The molecule has 0 radical (unpaired) electrons. The molecule has 0 aromatic heterocycles. The van der Waals surface area contributed by atoms with Crippen LogP contribution in [0.5, 0.6) is 0 Å². The number of carbonyl (C=O) groups is 4. The number of carbonyl (C=O) groups excluding carboxylic acids is 3. The minimum Gasteiger partial charge on any atom is -0.435 e. The van der Waals surface area contributed by atoms with Gasteiger partial charge in [0.1, 0.15) is 6.04 Å². The summed E-state index contributed by atoms with van der Waals surface area (Å²) in [6.45, 7) is 4.86. The second kappa shape index (κ2) is 8.14. The van der Waals surface area contributed by atoms with E-state index in [0.717, 1.165) is 11.8 Å². The number of hydrogen-bond donors (Lipinski definition) is 1. The van der Waals surface area contributed by atoms with Crippen LogP contribution >= 0.6 is 11.8 Å². The largest absolute Gasteiger partial charge is 0.521 e. The van der Waals surface area contributed by atoms with Gasteiger partial charge in [-0.15, -0.1) is 0 Å². The van der Waals surface area contributed by atoms with Gasteiger partial charge in [-0.3, -0.25) is 9.59 Å². The molecule has 1 aromatic rings. The fourth-order valence-corrected chi connectivity index (χ4v) is 4.52. The maximum atomic E-state index is 13.2. The van der Waals surface area contributed by atoms with Crippen LogP contribution < -0.4 is 0 Å². The van der Waals surface area contributed by atoms with Crippen molar-refractivity contribution in [2.45, 2.75) is 44.9 Å². The zero-order chi connectivity index (χ0) is 19.5. The maximum absolute atomic E-state index is 13.2. The Morgan fingerprint density at radius 3 is 2.27 bits per heavy atom. The average Bonchev–Trinajstić information content (AvgIpc) is 3.01. The monoisotopic (exact) mass is 378 g/mol. The fraction of sp³-hybridized carbons (Fsp3) is 0.474. The number of amides is 2. The number of hydrogen-bond acceptors (Lipinski definition) is 5. The molecule has 26 heavy (non-hydrogen) atoms. The van der Waals surface area contributed by atoms with E-state index in [2.05, 4.69) is 0 Å². The highest BCUT2D eigenvalue weighted by Crippen LogP contribution is 2.34. The lowest BCUT2D eigenvalue weighted by molar-refractivity contribution is -0.794. The summed E-state index contributed by atoms with van der Waals surface area (Å²) in [6.07, 6.45) is 0.0935. The van der Waals surface area contributed by atoms with Crippen LogP contribution in [-0.2, 0) is 9.59 Å². The third-order valence-corrected chi connectivity index (χ3v) is 6.28. The van der Waals surface area contributed by atoms with Crippen molar-refractivity contribution in [1.29, 1.82) is 0 Å². The van der Waals surface area contributed by atoms with Crippen molar-refractivity contribution in [2.75, 3.05) is 6.54 Å². The van der Waals surface area contributed by atoms with Gasteiger partial charge >= 0.3 is 12.0 Å². The molecule has 140 valence electrons. The number of thioether (sulfide) groups is 1. The minimum atomic E-state index is -1.19. The molecule has 1 heterocycles. The Kier molecular flexibility index (Phi) is 6.36. The van der Waals surface area contributed by atoms with Gasteiger partial charge in [-0.1, -0.05) is 42.1 Å². The Morgan fingerprint density at radius 1 is 1.19 bits per heavy atom. The topological polar surface area (TPSA) is 88.5 Å². The van der Waals surface area contributed by atoms with Gasteiger partial charge in [0.25, 0.3) is 0 Å². The third-order valence-electron chi connectivity index (χ3n) is 5.07. The molecule has 0 spiro atoms. The van der Waals surface area contributed by atoms with Crippen molar-refractivity contribution in [3.8, 4) is 0 Å². The molecule has 4 atom stereocenters. The van der Waals surface area contributed by atoms with E-state index in [4.69, 9.17) is 0 Å². The quantitative estimate of drug-likeness (QED) is 0.624. The zero-order valence-electron chi connectivity index (χ0n) is 15.2. The summed E-state index contributed by atoms with van der Waals surface area (Å²) in [6, 6.07) is 8.11. The third kappa shape index (κ3) is 3.73. The lowest BCUT2D eigenvalue weighted by Gasteiger charge is -2.33. The van der Waals surface area contributed by atoms with Crippen LogP contribution in [0.25, 0.3) is 0 Å². The molecule has 0 saturated carbocycles. The van der Waals surface area contributed by atoms with E-state index in [-0.39, 0.29) is 23.5 Å². The SMILES string of the molecule is CC(=O)SC(C(=O)c1ccccc1)C(C)C(=O)[N+]1(C(=O)O)CCC[C@H]1C. The van der Waals surface area contributed by atoms with Crippen LogP contribution in [0.3, 0.4) is 0 Å². The first-order valence-corrected chi connectivity index (χ1v) is 9.52. The molecule has 2 rings (SSSR count). The van der Waals surface area contributed by atoms with Crippen molar-refractivity contribution in [3.05, 3.63) is 35.9 Å². The van der Waals surface area contributed by atoms with E-state index in [1.54, 1.807) is 44.2 Å². The van der Waals surface area contributed by atoms with Crippen LogP contribution in [0.1, 0.15) is 44.0 Å². The molecule has 1 saturated heterocycles. The molecular formula is C19H24NO5S+. The second-order valence-electron chi connectivity index (χ2n) is 6.75. The Bertz CT molecular complexity index is 720. The zero-order valence-corrected chi connectivity index (χ0v) is 16.0. The molecule has 1 fully saturated rings. The summed E-state index contributed by atoms with van der Waals surface area (Å²) < 4.78 is -0.668. The number of carboxylic acid groups (broad SMARTS) is 1. The van der Waals surface area contributed by atoms with Gasteiger partial charge in [0.15, 0.2) is 10.9 Å². The highest BCUT2D eigenvalue weighted by atomic mass is 32.2. The summed E-state index contributed by atoms with van der Waals surface area (Å²) in [5.74, 6) is -1.74. The van der Waals surface area contributed by atoms with E-state index in [9.17, 15) is 24.3 Å². The van der Waals surface area contributed by atoms with Gasteiger partial charge < -0.3 is 5.11 Å². The fourth-order valence-electron chi connectivity index (χ4n) is 3.60. The Morgan fingerprint density at radius 2 is 1.81 bits per heavy atom. The predicted molar refractivity (Wildman–Crippen MR) is 98.9 cm³/mol. The van der Waals surface area contributed by atoms with Gasteiger partial charge in [0.2, 0.25) is 0 Å². The maximum Gasteiger partial charge on any atom is 0.521 e. The number of likely N-dealkylation sites (tertiary alicyclic amines) is 1. The summed E-state index contributed by atoms with van der Waals surface area (Å²) in [7, 11) is 0. The average molecular weight is 378 g/mol. The van der Waals surface area contributed by atoms with E-state index < -0.39 is 27.7 Å². The van der Waals surface area contributed by atoms with Gasteiger partial charge in [0.05, 0.1) is 17.7 Å². The van der Waals surface area contributed by atoms with Crippen molar-refractivity contribution >= 4 is 34.7 Å². The van der Waals surface area contributed by atoms with Crippen LogP contribution in [0.4, 0.5) is 4.79 Å². The second-order valence-corrected chi connectivity index (χ2v) is 8.07. The van der Waals surface area contributed by atoms with Crippen LogP contribution in [0.2, 0.25) is 0 Å². The van der Waals surface area contributed by atoms with Crippen LogP contribution in [0.15, 0.2) is 30.3 Å². The number of nitrogens with zero attached hydrogens (tertiary/aromatic N) is 1. The molecule has 2 amide bonds. The van der Waals surface area contributed by atoms with Crippen molar-refractivity contribution in [2.24, 2.45) is 5.92 Å². The lowest BCUT2D eigenvalue weighted by Crippen LogP contribution is -2.61. The highest BCUT2D eigenvalue weighted by molar-refractivity contribution is 8.14. The molecule has 0 bridgehead atoms.